The third-order valence-corrected chi connectivity index (χ3v) is 3.78. The van der Waals surface area contributed by atoms with Crippen molar-refractivity contribution in [3.05, 3.63) is 44.5 Å². The first kappa shape index (κ1) is 13.5. The lowest BCUT2D eigenvalue weighted by molar-refractivity contribution is 0.462. The topological polar surface area (TPSA) is 48.1 Å². The van der Waals surface area contributed by atoms with E-state index in [0.29, 0.717) is 37.5 Å². The van der Waals surface area contributed by atoms with Crippen molar-refractivity contribution in [1.82, 2.24) is 4.98 Å². The first-order valence-electron chi connectivity index (χ1n) is 5.03. The lowest BCUT2D eigenvalue weighted by Gasteiger charge is -2.09. The first-order chi connectivity index (χ1) is 8.47. The Hall–Kier alpha value is -0.970. The molecule has 0 spiro atoms. The predicted octanol–water partition coefficient (Wildman–Crippen LogP) is 4.83. The van der Waals surface area contributed by atoms with Crippen LogP contribution in [0, 0.1) is 6.92 Å². The van der Waals surface area contributed by atoms with Crippen LogP contribution in [0.1, 0.15) is 5.69 Å². The van der Waals surface area contributed by atoms with Crippen LogP contribution in [0.4, 0.5) is 5.69 Å². The van der Waals surface area contributed by atoms with E-state index in [-0.39, 0.29) is 0 Å². The van der Waals surface area contributed by atoms with E-state index in [1.807, 2.05) is 0 Å². The average Bonchev–Trinajstić information content (AvgIpc) is 2.31. The van der Waals surface area contributed by atoms with Gasteiger partial charge in [0.05, 0.1) is 21.4 Å². The lowest BCUT2D eigenvalue weighted by Crippen LogP contribution is -1.95. The summed E-state index contributed by atoms with van der Waals surface area (Å²) in [6, 6.07) is 6.70. The molecule has 2 N–H and O–H groups in total. The van der Waals surface area contributed by atoms with E-state index in [4.69, 9.17) is 33.7 Å². The Morgan fingerprint density at radius 3 is 2.61 bits per heavy atom. The molecule has 0 bridgehead atoms. The number of benzene rings is 1. The van der Waals surface area contributed by atoms with Crippen molar-refractivity contribution in [2.75, 3.05) is 5.73 Å². The Balaban J connectivity index is 2.34. The minimum absolute atomic E-state index is 0.419. The van der Waals surface area contributed by atoms with Gasteiger partial charge in [0.15, 0.2) is 0 Å². The summed E-state index contributed by atoms with van der Waals surface area (Å²) in [7, 11) is 0. The molecule has 0 amide bonds. The van der Waals surface area contributed by atoms with E-state index < -0.39 is 0 Å². The number of nitrogens with two attached hydrogens (primary N) is 1. The smallest absolute Gasteiger partial charge is 0.219 e. The number of aryl methyl sites for hydroxylation is 1. The SMILES string of the molecule is Cc1nc(Oc2cc(Cl)c(Br)cc2Cl)ccc1N. The van der Waals surface area contributed by atoms with E-state index in [1.54, 1.807) is 31.2 Å². The van der Waals surface area contributed by atoms with Crippen LogP contribution >= 0.6 is 39.1 Å². The van der Waals surface area contributed by atoms with Gasteiger partial charge < -0.3 is 10.5 Å². The molecule has 0 aliphatic carbocycles. The molecule has 0 saturated heterocycles. The van der Waals surface area contributed by atoms with Gasteiger partial charge in [0.25, 0.3) is 0 Å². The van der Waals surface area contributed by atoms with Crippen LogP contribution in [0.2, 0.25) is 10.0 Å². The molecule has 6 heteroatoms. The molecular weight excluding hydrogens is 339 g/mol. The largest absolute Gasteiger partial charge is 0.437 e. The zero-order valence-electron chi connectivity index (χ0n) is 9.38. The monoisotopic (exact) mass is 346 g/mol. The van der Waals surface area contributed by atoms with Gasteiger partial charge in [0, 0.05) is 16.6 Å². The predicted molar refractivity (Wildman–Crippen MR) is 77.6 cm³/mol. The van der Waals surface area contributed by atoms with Crippen molar-refractivity contribution < 1.29 is 4.74 Å². The molecule has 0 saturated carbocycles. The number of rotatable bonds is 2. The summed E-state index contributed by atoms with van der Waals surface area (Å²) in [6.07, 6.45) is 0. The molecule has 2 rings (SSSR count). The summed E-state index contributed by atoms with van der Waals surface area (Å²) in [6.45, 7) is 1.80. The Labute approximate surface area is 123 Å². The number of aromatic nitrogens is 1. The summed E-state index contributed by atoms with van der Waals surface area (Å²) in [5, 5.41) is 0.962. The maximum atomic E-state index is 6.06. The number of hydrogen-bond donors (Lipinski definition) is 1. The standard InChI is InChI=1S/C12H9BrCl2N2O/c1-6-10(16)2-3-12(17-6)18-11-5-8(14)7(13)4-9(11)15/h2-5H,16H2,1H3. The van der Waals surface area contributed by atoms with Crippen LogP contribution in [-0.4, -0.2) is 4.98 Å². The van der Waals surface area contributed by atoms with E-state index in [9.17, 15) is 0 Å². The minimum atomic E-state index is 0.419. The fourth-order valence-corrected chi connectivity index (χ4v) is 2.13. The Kier molecular flexibility index (Phi) is 4.00. The number of hydrogen-bond acceptors (Lipinski definition) is 3. The minimum Gasteiger partial charge on any atom is -0.437 e. The summed E-state index contributed by atoms with van der Waals surface area (Å²) < 4.78 is 6.29. The van der Waals surface area contributed by atoms with Gasteiger partial charge in [0.1, 0.15) is 5.75 Å². The van der Waals surface area contributed by atoms with Crippen LogP contribution in [0.3, 0.4) is 0 Å². The van der Waals surface area contributed by atoms with Gasteiger partial charge in [-0.15, -0.1) is 0 Å². The summed E-state index contributed by atoms with van der Waals surface area (Å²) in [4.78, 5) is 4.20. The molecule has 94 valence electrons. The van der Waals surface area contributed by atoms with Gasteiger partial charge in [-0.2, -0.15) is 0 Å². The molecule has 0 radical (unpaired) electrons. The maximum absolute atomic E-state index is 6.06. The molecule has 18 heavy (non-hydrogen) atoms. The number of nitrogen functional groups attached to an aromatic ring is 1. The molecule has 2 aromatic rings. The second kappa shape index (κ2) is 5.34. The molecule has 0 fully saturated rings. The van der Waals surface area contributed by atoms with E-state index in [2.05, 4.69) is 20.9 Å². The molecule has 3 nitrogen and oxygen atoms in total. The number of ether oxygens (including phenoxy) is 1. The zero-order chi connectivity index (χ0) is 13.3. The molecule has 1 heterocycles. The fraction of sp³-hybridized carbons (Fsp3) is 0.0833. The Morgan fingerprint density at radius 1 is 1.22 bits per heavy atom. The molecule has 0 aliphatic rings. The highest BCUT2D eigenvalue weighted by molar-refractivity contribution is 9.10. The third kappa shape index (κ3) is 2.88. The maximum Gasteiger partial charge on any atom is 0.219 e. The van der Waals surface area contributed by atoms with Gasteiger partial charge >= 0.3 is 0 Å². The highest BCUT2D eigenvalue weighted by atomic mass is 79.9. The third-order valence-electron chi connectivity index (χ3n) is 2.29. The average molecular weight is 348 g/mol. The number of pyridine rings is 1. The fourth-order valence-electron chi connectivity index (χ4n) is 1.30. The van der Waals surface area contributed by atoms with Gasteiger partial charge in [-0.05, 0) is 35.0 Å². The molecule has 0 aliphatic heterocycles. The quantitative estimate of drug-likeness (QED) is 0.791. The van der Waals surface area contributed by atoms with Crippen LogP contribution in [0.15, 0.2) is 28.7 Å². The summed E-state index contributed by atoms with van der Waals surface area (Å²) in [5.41, 5.74) is 7.00. The lowest BCUT2D eigenvalue weighted by atomic mass is 10.3. The van der Waals surface area contributed by atoms with E-state index in [0.717, 1.165) is 0 Å². The molecular formula is C12H9BrCl2N2O. The van der Waals surface area contributed by atoms with E-state index >= 15 is 0 Å². The van der Waals surface area contributed by atoms with E-state index in [1.165, 1.54) is 0 Å². The van der Waals surface area contributed by atoms with Gasteiger partial charge in [-0.1, -0.05) is 23.2 Å². The summed E-state index contributed by atoms with van der Waals surface area (Å²) in [5.74, 6) is 0.864. The molecule has 1 aromatic carbocycles. The highest BCUT2D eigenvalue weighted by Gasteiger charge is 2.09. The van der Waals surface area contributed by atoms with Gasteiger partial charge in [0.2, 0.25) is 5.88 Å². The number of nitrogens with zero attached hydrogens (tertiary/aromatic N) is 1. The van der Waals surface area contributed by atoms with Gasteiger partial charge in [-0.25, -0.2) is 4.98 Å². The zero-order valence-corrected chi connectivity index (χ0v) is 12.5. The van der Waals surface area contributed by atoms with Crippen LogP contribution < -0.4 is 10.5 Å². The van der Waals surface area contributed by atoms with Crippen molar-refractivity contribution in [3.8, 4) is 11.6 Å². The van der Waals surface area contributed by atoms with Crippen molar-refractivity contribution in [1.29, 1.82) is 0 Å². The Morgan fingerprint density at radius 2 is 1.94 bits per heavy atom. The Bertz CT molecular complexity index is 605. The molecule has 0 atom stereocenters. The van der Waals surface area contributed by atoms with Crippen LogP contribution in [0.25, 0.3) is 0 Å². The van der Waals surface area contributed by atoms with Crippen LogP contribution in [0.5, 0.6) is 11.6 Å². The van der Waals surface area contributed by atoms with Crippen molar-refractivity contribution in [3.63, 3.8) is 0 Å². The summed E-state index contributed by atoms with van der Waals surface area (Å²) >= 11 is 15.3. The highest BCUT2D eigenvalue weighted by Crippen LogP contribution is 2.36. The molecule has 1 aromatic heterocycles. The number of anilines is 1. The van der Waals surface area contributed by atoms with Crippen molar-refractivity contribution >= 4 is 44.8 Å². The first-order valence-corrected chi connectivity index (χ1v) is 6.58. The van der Waals surface area contributed by atoms with Gasteiger partial charge in [-0.3, -0.25) is 0 Å². The normalized spacial score (nSPS) is 10.4. The molecule has 0 unspecified atom stereocenters. The van der Waals surface area contributed by atoms with Crippen molar-refractivity contribution in [2.45, 2.75) is 6.92 Å². The second-order valence-corrected chi connectivity index (χ2v) is 5.29. The van der Waals surface area contributed by atoms with Crippen LogP contribution in [-0.2, 0) is 0 Å². The second-order valence-electron chi connectivity index (χ2n) is 3.62. The van der Waals surface area contributed by atoms with Crippen molar-refractivity contribution in [2.24, 2.45) is 0 Å². The number of halogens is 3.